The van der Waals surface area contributed by atoms with Crippen molar-refractivity contribution in [1.82, 2.24) is 4.31 Å². The number of aryl methyl sites for hydroxylation is 1. The third-order valence-electron chi connectivity index (χ3n) is 4.56. The summed E-state index contributed by atoms with van der Waals surface area (Å²) < 4.78 is 99.6. The SMILES string of the molecule is [2H]/C(C)=C1/C(=O)N(S(=O)(=O)c2ccc(C)cc2)CC12CC([2H])([2H])C2(C([2H])([2H])[2H])C([2H])([2H])[2H]. The first-order valence-corrected chi connectivity index (χ1v) is 8.54. The zero-order valence-corrected chi connectivity index (χ0v) is 13.6. The Morgan fingerprint density at radius 2 is 2.00 bits per heavy atom. The second-order valence-electron chi connectivity index (χ2n) is 5.94. The summed E-state index contributed by atoms with van der Waals surface area (Å²) in [6.07, 6.45) is -3.48. The van der Waals surface area contributed by atoms with Crippen LogP contribution in [0.1, 0.15) is 51.3 Å². The van der Waals surface area contributed by atoms with E-state index in [2.05, 4.69) is 0 Å². The molecule has 0 radical (unpaired) electrons. The minimum absolute atomic E-state index is 0.258. The van der Waals surface area contributed by atoms with Crippen molar-refractivity contribution in [2.75, 3.05) is 6.54 Å². The number of carbonyl (C=O) groups is 1. The van der Waals surface area contributed by atoms with Crippen molar-refractivity contribution in [2.24, 2.45) is 10.8 Å². The van der Waals surface area contributed by atoms with Crippen LogP contribution in [-0.4, -0.2) is 25.2 Å². The fourth-order valence-corrected chi connectivity index (χ4v) is 4.47. The van der Waals surface area contributed by atoms with Gasteiger partial charge in [-0.2, -0.15) is 0 Å². The molecular weight excluding hydrogens is 310 g/mol. The molecule has 1 heterocycles. The summed E-state index contributed by atoms with van der Waals surface area (Å²) in [5, 5.41) is 0. The topological polar surface area (TPSA) is 54.5 Å². The molecule has 4 nitrogen and oxygen atoms in total. The zero-order valence-electron chi connectivity index (χ0n) is 21.8. The summed E-state index contributed by atoms with van der Waals surface area (Å²) in [6, 6.07) is 5.05. The first-order chi connectivity index (χ1) is 14.3. The van der Waals surface area contributed by atoms with Crippen LogP contribution >= 0.6 is 0 Å². The molecule has 1 amide bonds. The molecular formula is C18H23NO3S. The molecule has 2 fully saturated rings. The van der Waals surface area contributed by atoms with E-state index in [0.717, 1.165) is 12.5 Å². The molecule has 2 aliphatic rings. The van der Waals surface area contributed by atoms with Crippen LogP contribution in [-0.2, 0) is 14.8 Å². The van der Waals surface area contributed by atoms with Crippen LogP contribution in [0.25, 0.3) is 0 Å². The smallest absolute Gasteiger partial charge is 0.266 e. The number of nitrogens with zero attached hydrogens (tertiary/aromatic N) is 1. The van der Waals surface area contributed by atoms with Crippen molar-refractivity contribution in [1.29, 1.82) is 0 Å². The molecule has 5 heteroatoms. The van der Waals surface area contributed by atoms with Crippen molar-refractivity contribution in [3.63, 3.8) is 0 Å². The number of rotatable bonds is 2. The molecule has 1 saturated heterocycles. The molecule has 0 bridgehead atoms. The summed E-state index contributed by atoms with van der Waals surface area (Å²) >= 11 is 0. The zero-order chi connectivity index (χ0) is 24.7. The van der Waals surface area contributed by atoms with E-state index in [-0.39, 0.29) is 4.90 Å². The molecule has 1 aliphatic heterocycles. The fourth-order valence-electron chi connectivity index (χ4n) is 3.03. The predicted octanol–water partition coefficient (Wildman–Crippen LogP) is 3.28. The number of carbonyl (C=O) groups excluding carboxylic acids is 1. The highest BCUT2D eigenvalue weighted by atomic mass is 32.2. The quantitative estimate of drug-likeness (QED) is 0.775. The molecule has 1 atom stereocenters. The lowest BCUT2D eigenvalue weighted by Gasteiger charge is -2.54. The van der Waals surface area contributed by atoms with E-state index in [1.807, 2.05) is 0 Å². The maximum absolute atomic E-state index is 13.3. The number of sulfonamides is 1. The second-order valence-corrected chi connectivity index (χ2v) is 7.80. The van der Waals surface area contributed by atoms with Crippen LogP contribution in [0.15, 0.2) is 40.8 Å². The van der Waals surface area contributed by atoms with Gasteiger partial charge in [0.2, 0.25) is 0 Å². The third-order valence-corrected chi connectivity index (χ3v) is 6.31. The van der Waals surface area contributed by atoms with Crippen LogP contribution in [0.2, 0.25) is 0 Å². The van der Waals surface area contributed by atoms with Crippen LogP contribution in [0.5, 0.6) is 0 Å². The largest absolute Gasteiger partial charge is 0.268 e. The normalized spacial score (nSPS) is 37.9. The summed E-state index contributed by atoms with van der Waals surface area (Å²) in [5.41, 5.74) is -5.12. The average molecular weight is 343 g/mol. The minimum Gasteiger partial charge on any atom is -0.268 e. The van der Waals surface area contributed by atoms with E-state index in [9.17, 15) is 13.2 Å². The minimum atomic E-state index is -4.52. The van der Waals surface area contributed by atoms with Crippen LogP contribution < -0.4 is 0 Å². The van der Waals surface area contributed by atoms with Gasteiger partial charge in [0.25, 0.3) is 15.9 Å². The Balaban J connectivity index is 2.31. The van der Waals surface area contributed by atoms with E-state index in [0.29, 0.717) is 4.31 Å². The van der Waals surface area contributed by atoms with Crippen molar-refractivity contribution in [2.45, 2.75) is 45.2 Å². The Kier molecular flexibility index (Phi) is 1.82. The van der Waals surface area contributed by atoms with Crippen molar-refractivity contribution >= 4 is 15.9 Å². The fraction of sp³-hybridized carbons (Fsp3) is 0.500. The van der Waals surface area contributed by atoms with Gasteiger partial charge in [-0.3, -0.25) is 4.79 Å². The highest BCUT2D eigenvalue weighted by molar-refractivity contribution is 7.89. The molecule has 1 aromatic carbocycles. The van der Waals surface area contributed by atoms with E-state index in [1.165, 1.54) is 24.3 Å². The second kappa shape index (κ2) is 4.94. The standard InChI is InChI=1S/C18H23NO3S/c1-5-15-16(20)19(12-18(15)11-10-17(18,3)4)23(21,22)14-8-6-13(2)7-9-14/h5-9H,10-12H2,1-4H3/b15-5+/i3D3,4D3,5D,10D2. The molecule has 1 unspecified atom stereocenters. The van der Waals surface area contributed by atoms with Crippen LogP contribution in [0.4, 0.5) is 0 Å². The van der Waals surface area contributed by atoms with E-state index < -0.39 is 71.4 Å². The Morgan fingerprint density at radius 3 is 2.52 bits per heavy atom. The van der Waals surface area contributed by atoms with E-state index in [4.69, 9.17) is 12.3 Å². The van der Waals surface area contributed by atoms with Gasteiger partial charge in [-0.1, -0.05) is 37.5 Å². The lowest BCUT2D eigenvalue weighted by molar-refractivity contribution is -0.120. The molecule has 124 valence electrons. The lowest BCUT2D eigenvalue weighted by atomic mass is 9.49. The number of hydrogen-bond acceptors (Lipinski definition) is 3. The molecule has 1 aliphatic carbocycles. The number of benzene rings is 1. The maximum atomic E-state index is 13.3. The number of allylic oxidation sites excluding steroid dienone is 1. The Bertz CT molecular complexity index is 1070. The number of amides is 1. The van der Waals surface area contributed by atoms with Gasteiger partial charge in [-0.25, -0.2) is 12.7 Å². The van der Waals surface area contributed by atoms with E-state index >= 15 is 0 Å². The lowest BCUT2D eigenvalue weighted by Crippen LogP contribution is -2.50. The highest BCUT2D eigenvalue weighted by Crippen LogP contribution is 2.63. The molecule has 23 heavy (non-hydrogen) atoms. The van der Waals surface area contributed by atoms with Crippen LogP contribution in [0.3, 0.4) is 0 Å². The molecule has 0 N–H and O–H groups in total. The van der Waals surface area contributed by atoms with Gasteiger partial charge in [-0.15, -0.1) is 0 Å². The average Bonchev–Trinajstić information content (AvgIpc) is 2.86. The number of hydrogen-bond donors (Lipinski definition) is 0. The summed E-state index contributed by atoms with van der Waals surface area (Å²) in [5.74, 6) is -1.20. The first kappa shape index (κ1) is 8.47. The van der Waals surface area contributed by atoms with Crippen molar-refractivity contribution in [3.8, 4) is 0 Å². The summed E-state index contributed by atoms with van der Waals surface area (Å²) in [7, 11) is -4.52. The third kappa shape index (κ3) is 2.09. The van der Waals surface area contributed by atoms with Gasteiger partial charge in [0.1, 0.15) is 0 Å². The first-order valence-electron chi connectivity index (χ1n) is 11.6. The van der Waals surface area contributed by atoms with Gasteiger partial charge in [0.15, 0.2) is 0 Å². The summed E-state index contributed by atoms with van der Waals surface area (Å²) in [6.45, 7) is -4.86. The van der Waals surface area contributed by atoms with Gasteiger partial charge in [0.05, 0.1) is 6.27 Å². The molecule has 0 aromatic heterocycles. The van der Waals surface area contributed by atoms with Gasteiger partial charge in [0, 0.05) is 28.5 Å². The molecule has 1 aromatic rings. The summed E-state index contributed by atoms with van der Waals surface area (Å²) in [4.78, 5) is 13.0. The Morgan fingerprint density at radius 1 is 1.35 bits per heavy atom. The monoisotopic (exact) mass is 342 g/mol. The Labute approximate surface area is 150 Å². The van der Waals surface area contributed by atoms with Crippen LogP contribution in [0, 0.1) is 17.8 Å². The van der Waals surface area contributed by atoms with Crippen molar-refractivity contribution < 1.29 is 25.5 Å². The molecule has 1 spiro atoms. The molecule has 3 rings (SSSR count). The van der Waals surface area contributed by atoms with Gasteiger partial charge in [-0.05, 0) is 44.2 Å². The van der Waals surface area contributed by atoms with E-state index in [1.54, 1.807) is 6.92 Å². The Hall–Kier alpha value is -1.62. The highest BCUT2D eigenvalue weighted by Gasteiger charge is 2.63. The maximum Gasteiger partial charge on any atom is 0.266 e. The molecule has 1 saturated carbocycles. The van der Waals surface area contributed by atoms with Crippen molar-refractivity contribution in [3.05, 3.63) is 41.5 Å². The van der Waals surface area contributed by atoms with Gasteiger partial charge >= 0.3 is 0 Å². The van der Waals surface area contributed by atoms with Gasteiger partial charge < -0.3 is 0 Å². The predicted molar refractivity (Wildman–Crippen MR) is 89.3 cm³/mol.